The van der Waals surface area contributed by atoms with Crippen LogP contribution in [0.1, 0.15) is 19.8 Å². The number of hydrogen-bond donors (Lipinski definition) is 0. The summed E-state index contributed by atoms with van der Waals surface area (Å²) in [5.74, 6) is 0.0190. The quantitative estimate of drug-likeness (QED) is 0.554. The number of piperazine rings is 1. The Kier molecular flexibility index (Phi) is 6.45. The molecule has 0 unspecified atom stereocenters. The minimum Gasteiger partial charge on any atom is -0.334 e. The van der Waals surface area contributed by atoms with E-state index in [4.69, 9.17) is 4.52 Å². The van der Waals surface area contributed by atoms with Crippen LogP contribution in [0.25, 0.3) is 22.8 Å². The summed E-state index contributed by atoms with van der Waals surface area (Å²) >= 11 is 0. The molecule has 1 aliphatic rings. The molecule has 2 aromatic carbocycles. The highest BCUT2D eigenvalue weighted by molar-refractivity contribution is 7.89. The minimum atomic E-state index is -3.72. The fourth-order valence-corrected chi connectivity index (χ4v) is 5.24. The molecule has 0 radical (unpaired) electrons. The number of benzene rings is 2. The Labute approximate surface area is 181 Å². The van der Waals surface area contributed by atoms with Crippen molar-refractivity contribution in [2.45, 2.75) is 24.7 Å². The number of sulfonamides is 1. The zero-order valence-corrected chi connectivity index (χ0v) is 18.2. The number of aromatic nitrogens is 2. The van der Waals surface area contributed by atoms with E-state index in [9.17, 15) is 12.8 Å². The molecule has 9 heteroatoms. The monoisotopic (exact) mass is 444 g/mol. The van der Waals surface area contributed by atoms with Crippen LogP contribution in [-0.4, -0.2) is 60.5 Å². The van der Waals surface area contributed by atoms with Crippen molar-refractivity contribution in [1.82, 2.24) is 19.3 Å². The third kappa shape index (κ3) is 4.68. The summed E-state index contributed by atoms with van der Waals surface area (Å²) < 4.78 is 46.9. The van der Waals surface area contributed by atoms with Crippen LogP contribution in [0, 0.1) is 5.82 Å². The lowest BCUT2D eigenvalue weighted by molar-refractivity contribution is 0.186. The number of hydrogen-bond acceptors (Lipinski definition) is 6. The third-order valence-electron chi connectivity index (χ3n) is 5.42. The van der Waals surface area contributed by atoms with E-state index in [0.29, 0.717) is 24.2 Å². The fraction of sp³-hybridized carbons (Fsp3) is 0.364. The van der Waals surface area contributed by atoms with Gasteiger partial charge in [-0.3, -0.25) is 0 Å². The van der Waals surface area contributed by atoms with E-state index < -0.39 is 10.0 Å². The smallest absolute Gasteiger partial charge is 0.259 e. The lowest BCUT2D eigenvalue weighted by Crippen LogP contribution is -2.48. The topological polar surface area (TPSA) is 79.5 Å². The van der Waals surface area contributed by atoms with Crippen molar-refractivity contribution in [3.63, 3.8) is 0 Å². The van der Waals surface area contributed by atoms with Crippen molar-refractivity contribution >= 4 is 10.0 Å². The molecular weight excluding hydrogens is 419 g/mol. The van der Waals surface area contributed by atoms with Crippen molar-refractivity contribution in [2.24, 2.45) is 0 Å². The molecule has 2 heterocycles. The van der Waals surface area contributed by atoms with Crippen LogP contribution in [0.2, 0.25) is 0 Å². The normalized spacial score (nSPS) is 15.9. The largest absolute Gasteiger partial charge is 0.334 e. The van der Waals surface area contributed by atoms with Crippen LogP contribution in [0.4, 0.5) is 4.39 Å². The van der Waals surface area contributed by atoms with E-state index in [0.717, 1.165) is 32.5 Å². The molecule has 3 aromatic rings. The van der Waals surface area contributed by atoms with Gasteiger partial charge in [0.25, 0.3) is 5.89 Å². The van der Waals surface area contributed by atoms with Gasteiger partial charge in [0.2, 0.25) is 15.8 Å². The Morgan fingerprint density at radius 3 is 2.45 bits per heavy atom. The molecule has 0 amide bonds. The lowest BCUT2D eigenvalue weighted by Gasteiger charge is -2.34. The summed E-state index contributed by atoms with van der Waals surface area (Å²) in [5.41, 5.74) is 0.941. The van der Waals surface area contributed by atoms with Gasteiger partial charge in [0, 0.05) is 31.7 Å². The molecule has 0 saturated carbocycles. The third-order valence-corrected chi connectivity index (χ3v) is 7.38. The first-order valence-corrected chi connectivity index (χ1v) is 11.8. The maximum Gasteiger partial charge on any atom is 0.259 e. The van der Waals surface area contributed by atoms with Gasteiger partial charge >= 0.3 is 0 Å². The van der Waals surface area contributed by atoms with Gasteiger partial charge in [-0.2, -0.15) is 9.29 Å². The van der Waals surface area contributed by atoms with Gasteiger partial charge in [0.05, 0.1) is 10.5 Å². The van der Waals surface area contributed by atoms with Gasteiger partial charge in [-0.1, -0.05) is 30.6 Å². The molecule has 0 spiro atoms. The number of nitrogens with zero attached hydrogens (tertiary/aromatic N) is 4. The summed E-state index contributed by atoms with van der Waals surface area (Å²) in [6.07, 6.45) is 2.24. The predicted octanol–water partition coefficient (Wildman–Crippen LogP) is 3.65. The van der Waals surface area contributed by atoms with E-state index in [-0.39, 0.29) is 22.4 Å². The average Bonchev–Trinajstić information content (AvgIpc) is 3.28. The van der Waals surface area contributed by atoms with E-state index in [1.807, 2.05) is 0 Å². The Morgan fingerprint density at radius 2 is 1.74 bits per heavy atom. The van der Waals surface area contributed by atoms with Gasteiger partial charge < -0.3 is 9.42 Å². The molecule has 0 aliphatic carbocycles. The van der Waals surface area contributed by atoms with Crippen LogP contribution >= 0.6 is 0 Å². The highest BCUT2D eigenvalue weighted by Gasteiger charge is 2.31. The summed E-state index contributed by atoms with van der Waals surface area (Å²) in [4.78, 5) is 6.80. The van der Waals surface area contributed by atoms with Crippen LogP contribution in [0.3, 0.4) is 0 Å². The van der Waals surface area contributed by atoms with E-state index in [2.05, 4.69) is 22.0 Å². The molecule has 0 atom stereocenters. The molecule has 164 valence electrons. The van der Waals surface area contributed by atoms with E-state index in [1.165, 1.54) is 16.4 Å². The lowest BCUT2D eigenvalue weighted by atomic mass is 10.2. The first-order valence-electron chi connectivity index (χ1n) is 10.4. The molecule has 7 nitrogen and oxygen atoms in total. The Balaban J connectivity index is 1.58. The SMILES string of the molecule is CCCCN1CCN(S(=O)(=O)c2ccccc2-c2nc(-c3ccc(F)cc3)no2)CC1. The van der Waals surface area contributed by atoms with Crippen LogP contribution in [0.15, 0.2) is 57.9 Å². The molecule has 0 bridgehead atoms. The summed E-state index contributed by atoms with van der Waals surface area (Å²) in [6, 6.07) is 12.4. The van der Waals surface area contributed by atoms with Crippen molar-refractivity contribution < 1.29 is 17.3 Å². The zero-order valence-electron chi connectivity index (χ0n) is 17.4. The fourth-order valence-electron chi connectivity index (χ4n) is 3.63. The van der Waals surface area contributed by atoms with Crippen molar-refractivity contribution in [2.75, 3.05) is 32.7 Å². The van der Waals surface area contributed by atoms with E-state index in [1.54, 1.807) is 36.4 Å². The second-order valence-corrected chi connectivity index (χ2v) is 9.43. The Bertz CT molecular complexity index is 1120. The summed E-state index contributed by atoms with van der Waals surface area (Å²) in [6.45, 7) is 5.48. The standard InChI is InChI=1S/C22H25FN4O3S/c1-2-3-12-26-13-15-27(16-14-26)31(28,29)20-7-5-4-6-19(20)22-24-21(25-30-22)17-8-10-18(23)11-9-17/h4-11H,2-3,12-16H2,1H3. The number of halogens is 1. The zero-order chi connectivity index (χ0) is 21.8. The summed E-state index contributed by atoms with van der Waals surface area (Å²) in [7, 11) is -3.72. The van der Waals surface area contributed by atoms with Crippen LogP contribution in [0.5, 0.6) is 0 Å². The molecule has 1 fully saturated rings. The molecule has 1 aromatic heterocycles. The van der Waals surface area contributed by atoms with Gasteiger partial charge in [-0.05, 0) is 49.4 Å². The Morgan fingerprint density at radius 1 is 1.03 bits per heavy atom. The van der Waals surface area contributed by atoms with Crippen LogP contribution < -0.4 is 0 Å². The van der Waals surface area contributed by atoms with Gasteiger partial charge in [-0.25, -0.2) is 12.8 Å². The van der Waals surface area contributed by atoms with Gasteiger partial charge in [0.1, 0.15) is 5.82 Å². The van der Waals surface area contributed by atoms with Crippen molar-refractivity contribution in [3.05, 3.63) is 54.3 Å². The minimum absolute atomic E-state index is 0.111. The highest BCUT2D eigenvalue weighted by Crippen LogP contribution is 2.30. The van der Waals surface area contributed by atoms with Crippen molar-refractivity contribution in [1.29, 1.82) is 0 Å². The second kappa shape index (κ2) is 9.25. The average molecular weight is 445 g/mol. The second-order valence-electron chi connectivity index (χ2n) is 7.53. The van der Waals surface area contributed by atoms with Gasteiger partial charge in [-0.15, -0.1) is 0 Å². The number of unbranched alkanes of at least 4 members (excludes halogenated alkanes) is 1. The Hall–Kier alpha value is -2.62. The molecule has 0 N–H and O–H groups in total. The molecule has 31 heavy (non-hydrogen) atoms. The maximum absolute atomic E-state index is 13.4. The first kappa shape index (κ1) is 21.6. The van der Waals surface area contributed by atoms with Crippen LogP contribution in [-0.2, 0) is 10.0 Å². The molecule has 1 saturated heterocycles. The maximum atomic E-state index is 13.4. The molecule has 4 rings (SSSR count). The summed E-state index contributed by atoms with van der Waals surface area (Å²) in [5, 5.41) is 3.94. The first-order chi connectivity index (χ1) is 15.0. The van der Waals surface area contributed by atoms with Crippen molar-refractivity contribution in [3.8, 4) is 22.8 Å². The van der Waals surface area contributed by atoms with E-state index >= 15 is 0 Å². The highest BCUT2D eigenvalue weighted by atomic mass is 32.2. The molecule has 1 aliphatic heterocycles. The van der Waals surface area contributed by atoms with Gasteiger partial charge in [0.15, 0.2) is 0 Å². The number of rotatable bonds is 7. The molecular formula is C22H25FN4O3S. The predicted molar refractivity (Wildman–Crippen MR) is 115 cm³/mol.